The lowest BCUT2D eigenvalue weighted by molar-refractivity contribution is -0.141. The minimum absolute atomic E-state index is 0.264. The number of hydrogen-bond donors (Lipinski definition) is 1. The lowest BCUT2D eigenvalue weighted by atomic mass is 10.2. The summed E-state index contributed by atoms with van der Waals surface area (Å²) >= 11 is 3.24. The Kier molecular flexibility index (Phi) is 3.42. The summed E-state index contributed by atoms with van der Waals surface area (Å²) in [5.41, 5.74) is 0.264. The number of rotatable bonds is 2. The predicted molar refractivity (Wildman–Crippen MR) is 63.6 cm³/mol. The number of hydrogen-bond acceptors (Lipinski definition) is 3. The van der Waals surface area contributed by atoms with Gasteiger partial charge < -0.3 is 10.0 Å². The van der Waals surface area contributed by atoms with Crippen LogP contribution in [-0.4, -0.2) is 39.5 Å². The Morgan fingerprint density at radius 3 is 2.94 bits per heavy atom. The number of aliphatic carboxylic acids is 1. The Balaban J connectivity index is 2.26. The fourth-order valence-electron chi connectivity index (χ4n) is 1.95. The molecule has 1 aliphatic heterocycles. The van der Waals surface area contributed by atoms with E-state index in [4.69, 9.17) is 5.11 Å². The van der Waals surface area contributed by atoms with E-state index in [1.807, 2.05) is 0 Å². The van der Waals surface area contributed by atoms with Crippen LogP contribution in [0, 0.1) is 0 Å². The highest BCUT2D eigenvalue weighted by Crippen LogP contribution is 2.22. The molecule has 1 N–H and O–H groups in total. The highest BCUT2D eigenvalue weighted by atomic mass is 79.9. The molecule has 1 aromatic heterocycles. The van der Waals surface area contributed by atoms with Crippen molar-refractivity contribution in [2.24, 2.45) is 0 Å². The van der Waals surface area contributed by atoms with E-state index in [-0.39, 0.29) is 11.6 Å². The standard InChI is InChI=1S/C11H11BrN2O3/c12-7-3-1-5-13-9(7)10(15)14-6-2-4-8(14)11(16)17/h1,3,5,8H,2,4,6H2,(H,16,17). The van der Waals surface area contributed by atoms with Gasteiger partial charge in [0.15, 0.2) is 0 Å². The average molecular weight is 299 g/mol. The Labute approximate surface area is 107 Å². The molecule has 17 heavy (non-hydrogen) atoms. The molecule has 2 rings (SSSR count). The maximum absolute atomic E-state index is 12.2. The Morgan fingerprint density at radius 2 is 2.29 bits per heavy atom. The van der Waals surface area contributed by atoms with Gasteiger partial charge in [0, 0.05) is 17.2 Å². The van der Waals surface area contributed by atoms with Crippen LogP contribution in [0.15, 0.2) is 22.8 Å². The first-order valence-corrected chi connectivity index (χ1v) is 6.05. The molecule has 1 fully saturated rings. The highest BCUT2D eigenvalue weighted by molar-refractivity contribution is 9.10. The van der Waals surface area contributed by atoms with Gasteiger partial charge in [-0.2, -0.15) is 0 Å². The van der Waals surface area contributed by atoms with Crippen molar-refractivity contribution in [3.05, 3.63) is 28.5 Å². The molecule has 1 amide bonds. The second-order valence-electron chi connectivity index (χ2n) is 3.83. The lowest BCUT2D eigenvalue weighted by Crippen LogP contribution is -2.40. The Bertz CT molecular complexity index is 464. The molecule has 1 atom stereocenters. The third kappa shape index (κ3) is 2.31. The second kappa shape index (κ2) is 4.83. The van der Waals surface area contributed by atoms with Gasteiger partial charge in [-0.05, 0) is 40.9 Å². The molecule has 2 heterocycles. The van der Waals surface area contributed by atoms with Gasteiger partial charge in [0.1, 0.15) is 11.7 Å². The van der Waals surface area contributed by atoms with E-state index in [1.165, 1.54) is 11.1 Å². The Hall–Kier alpha value is -1.43. The monoisotopic (exact) mass is 298 g/mol. The van der Waals surface area contributed by atoms with E-state index >= 15 is 0 Å². The minimum Gasteiger partial charge on any atom is -0.480 e. The molecule has 1 unspecified atom stereocenters. The Morgan fingerprint density at radius 1 is 1.53 bits per heavy atom. The summed E-state index contributed by atoms with van der Waals surface area (Å²) in [5.74, 6) is -1.29. The first kappa shape index (κ1) is 12.0. The molecule has 1 aromatic rings. The van der Waals surface area contributed by atoms with Gasteiger partial charge >= 0.3 is 5.97 Å². The maximum Gasteiger partial charge on any atom is 0.326 e. The number of carboxylic acids is 1. The third-order valence-electron chi connectivity index (χ3n) is 2.76. The summed E-state index contributed by atoms with van der Waals surface area (Å²) in [5, 5.41) is 9.02. The molecule has 0 spiro atoms. The van der Waals surface area contributed by atoms with E-state index in [1.54, 1.807) is 12.1 Å². The number of aromatic nitrogens is 1. The van der Waals surface area contributed by atoms with Gasteiger partial charge in [-0.1, -0.05) is 0 Å². The fourth-order valence-corrected chi connectivity index (χ4v) is 2.37. The first-order valence-electron chi connectivity index (χ1n) is 5.25. The average Bonchev–Trinajstić information content (AvgIpc) is 2.77. The maximum atomic E-state index is 12.2. The first-order chi connectivity index (χ1) is 8.11. The van der Waals surface area contributed by atoms with Crippen molar-refractivity contribution in [2.45, 2.75) is 18.9 Å². The predicted octanol–water partition coefficient (Wildman–Crippen LogP) is 1.53. The van der Waals surface area contributed by atoms with E-state index in [0.29, 0.717) is 23.9 Å². The number of amides is 1. The zero-order valence-corrected chi connectivity index (χ0v) is 10.6. The summed E-state index contributed by atoms with van der Waals surface area (Å²) in [6, 6.07) is 2.70. The summed E-state index contributed by atoms with van der Waals surface area (Å²) in [4.78, 5) is 28.5. The fraction of sp³-hybridized carbons (Fsp3) is 0.364. The molecule has 6 heteroatoms. The number of carbonyl (C=O) groups is 2. The quantitative estimate of drug-likeness (QED) is 0.899. The highest BCUT2D eigenvalue weighted by Gasteiger charge is 2.35. The van der Waals surface area contributed by atoms with Gasteiger partial charge in [-0.15, -0.1) is 0 Å². The SMILES string of the molecule is O=C(O)C1CCCN1C(=O)c1ncccc1Br. The smallest absolute Gasteiger partial charge is 0.326 e. The van der Waals surface area contributed by atoms with Crippen LogP contribution in [0.5, 0.6) is 0 Å². The van der Waals surface area contributed by atoms with Crippen molar-refractivity contribution < 1.29 is 14.7 Å². The van der Waals surface area contributed by atoms with Gasteiger partial charge in [0.2, 0.25) is 0 Å². The summed E-state index contributed by atoms with van der Waals surface area (Å²) < 4.78 is 0.584. The van der Waals surface area contributed by atoms with E-state index in [9.17, 15) is 9.59 Å². The lowest BCUT2D eigenvalue weighted by Gasteiger charge is -2.21. The molecular formula is C11H11BrN2O3. The van der Waals surface area contributed by atoms with Gasteiger partial charge in [0.05, 0.1) is 0 Å². The van der Waals surface area contributed by atoms with Gasteiger partial charge in [0.25, 0.3) is 5.91 Å². The van der Waals surface area contributed by atoms with E-state index in [2.05, 4.69) is 20.9 Å². The number of likely N-dealkylation sites (tertiary alicyclic amines) is 1. The van der Waals surface area contributed by atoms with Crippen LogP contribution in [0.1, 0.15) is 23.3 Å². The number of carbonyl (C=O) groups excluding carboxylic acids is 1. The van der Waals surface area contributed by atoms with Crippen molar-refractivity contribution in [3.63, 3.8) is 0 Å². The molecule has 0 saturated carbocycles. The summed E-state index contributed by atoms with van der Waals surface area (Å²) in [7, 11) is 0. The minimum atomic E-state index is -0.956. The normalized spacial score (nSPS) is 19.4. The summed E-state index contributed by atoms with van der Waals surface area (Å²) in [6.07, 6.45) is 2.74. The van der Waals surface area contributed by atoms with E-state index < -0.39 is 12.0 Å². The van der Waals surface area contributed by atoms with Crippen LogP contribution in [-0.2, 0) is 4.79 Å². The van der Waals surface area contributed by atoms with Crippen LogP contribution in [0.3, 0.4) is 0 Å². The van der Waals surface area contributed by atoms with E-state index in [0.717, 1.165) is 0 Å². The van der Waals surface area contributed by atoms with Crippen molar-refractivity contribution in [1.82, 2.24) is 9.88 Å². The number of nitrogens with zero attached hydrogens (tertiary/aromatic N) is 2. The van der Waals surface area contributed by atoms with Crippen LogP contribution < -0.4 is 0 Å². The molecule has 90 valence electrons. The van der Waals surface area contributed by atoms with Gasteiger partial charge in [-0.25, -0.2) is 9.78 Å². The summed E-state index contributed by atoms with van der Waals surface area (Å²) in [6.45, 7) is 0.471. The zero-order chi connectivity index (χ0) is 12.4. The molecule has 5 nitrogen and oxygen atoms in total. The molecule has 0 radical (unpaired) electrons. The topological polar surface area (TPSA) is 70.5 Å². The second-order valence-corrected chi connectivity index (χ2v) is 4.68. The van der Waals surface area contributed by atoms with Crippen molar-refractivity contribution in [3.8, 4) is 0 Å². The molecule has 1 saturated heterocycles. The van der Waals surface area contributed by atoms with Crippen molar-refractivity contribution in [1.29, 1.82) is 0 Å². The van der Waals surface area contributed by atoms with Crippen molar-refractivity contribution in [2.75, 3.05) is 6.54 Å². The van der Waals surface area contributed by atoms with Gasteiger partial charge in [-0.3, -0.25) is 4.79 Å². The van der Waals surface area contributed by atoms with Crippen molar-refractivity contribution >= 4 is 27.8 Å². The molecular weight excluding hydrogens is 288 g/mol. The molecule has 1 aliphatic rings. The molecule has 0 bridgehead atoms. The molecule has 0 aromatic carbocycles. The largest absolute Gasteiger partial charge is 0.480 e. The van der Waals surface area contributed by atoms with Crippen LogP contribution in [0.2, 0.25) is 0 Å². The third-order valence-corrected chi connectivity index (χ3v) is 3.40. The number of carboxylic acid groups (broad SMARTS) is 1. The number of halogens is 1. The van der Waals surface area contributed by atoms with Crippen LogP contribution in [0.25, 0.3) is 0 Å². The van der Waals surface area contributed by atoms with Crippen LogP contribution >= 0.6 is 15.9 Å². The molecule has 0 aliphatic carbocycles. The van der Waals surface area contributed by atoms with Crippen LogP contribution in [0.4, 0.5) is 0 Å². The zero-order valence-electron chi connectivity index (χ0n) is 8.97. The number of pyridine rings is 1.